The van der Waals surface area contributed by atoms with E-state index in [1.165, 1.54) is 0 Å². The number of nitrogen functional groups attached to an aromatic ring is 1. The average molecular weight is 278 g/mol. The first-order valence-electron chi connectivity index (χ1n) is 7.39. The van der Waals surface area contributed by atoms with Gasteiger partial charge in [-0.1, -0.05) is 13.8 Å². The van der Waals surface area contributed by atoms with Crippen LogP contribution in [0.4, 0.5) is 5.69 Å². The highest BCUT2D eigenvalue weighted by Crippen LogP contribution is 2.35. The molecule has 1 aromatic rings. The van der Waals surface area contributed by atoms with E-state index in [0.29, 0.717) is 25.2 Å². The van der Waals surface area contributed by atoms with Crippen molar-refractivity contribution in [3.8, 4) is 11.5 Å². The summed E-state index contributed by atoms with van der Waals surface area (Å²) in [7, 11) is 0. The van der Waals surface area contributed by atoms with Crippen LogP contribution in [0.1, 0.15) is 33.3 Å². The van der Waals surface area contributed by atoms with Crippen LogP contribution in [0, 0.1) is 5.92 Å². The Morgan fingerprint density at radius 2 is 1.70 bits per heavy atom. The van der Waals surface area contributed by atoms with Crippen LogP contribution in [0.3, 0.4) is 0 Å². The maximum atomic E-state index is 6.16. The molecule has 2 rings (SSSR count). The lowest BCUT2D eigenvalue weighted by Crippen LogP contribution is -2.33. The van der Waals surface area contributed by atoms with Crippen molar-refractivity contribution in [2.24, 2.45) is 5.92 Å². The Bertz CT molecular complexity index is 458. The van der Waals surface area contributed by atoms with E-state index in [2.05, 4.69) is 32.6 Å². The second-order valence-corrected chi connectivity index (χ2v) is 6.11. The molecule has 0 atom stereocenters. The van der Waals surface area contributed by atoms with E-state index in [1.807, 2.05) is 12.1 Å². The van der Waals surface area contributed by atoms with Gasteiger partial charge in [0.25, 0.3) is 0 Å². The van der Waals surface area contributed by atoms with E-state index in [1.54, 1.807) is 0 Å². The molecule has 1 heterocycles. The highest BCUT2D eigenvalue weighted by Gasteiger charge is 2.18. The number of anilines is 1. The molecule has 0 bridgehead atoms. The Kier molecular flexibility index (Phi) is 4.76. The molecule has 4 nitrogen and oxygen atoms in total. The van der Waals surface area contributed by atoms with Crippen LogP contribution in [0.5, 0.6) is 11.5 Å². The second-order valence-electron chi connectivity index (χ2n) is 6.11. The predicted octanol–water partition coefficient (Wildman–Crippen LogP) is 2.91. The van der Waals surface area contributed by atoms with Crippen LogP contribution in [-0.4, -0.2) is 30.7 Å². The van der Waals surface area contributed by atoms with Gasteiger partial charge in [-0.2, -0.15) is 0 Å². The molecule has 0 aliphatic carbocycles. The van der Waals surface area contributed by atoms with Gasteiger partial charge in [0.2, 0.25) is 0 Å². The Morgan fingerprint density at radius 3 is 2.25 bits per heavy atom. The normalized spacial score (nSPS) is 14.3. The number of nitrogens with zero attached hydrogens (tertiary/aromatic N) is 1. The molecule has 0 saturated carbocycles. The zero-order valence-electron chi connectivity index (χ0n) is 13.0. The molecule has 4 heteroatoms. The summed E-state index contributed by atoms with van der Waals surface area (Å²) in [5, 5.41) is 0. The van der Waals surface area contributed by atoms with Crippen LogP contribution in [0.2, 0.25) is 0 Å². The van der Waals surface area contributed by atoms with Gasteiger partial charge >= 0.3 is 0 Å². The van der Waals surface area contributed by atoms with Crippen molar-refractivity contribution in [1.82, 2.24) is 4.90 Å². The highest BCUT2D eigenvalue weighted by atomic mass is 16.6. The van der Waals surface area contributed by atoms with Crippen LogP contribution >= 0.6 is 0 Å². The number of rotatable bonds is 5. The standard InChI is InChI=1S/C16H26N2O2/c1-11(2)9-18(12(3)4)10-13-7-15-16(8-14(13)17)20-6-5-19-15/h7-8,11-12H,5-6,9-10,17H2,1-4H3. The van der Waals surface area contributed by atoms with Crippen LogP contribution in [0.25, 0.3) is 0 Å². The van der Waals surface area contributed by atoms with Crippen LogP contribution < -0.4 is 15.2 Å². The first kappa shape index (κ1) is 15.0. The van der Waals surface area contributed by atoms with Crippen molar-refractivity contribution >= 4 is 5.69 Å². The van der Waals surface area contributed by atoms with Gasteiger partial charge in [-0.15, -0.1) is 0 Å². The first-order valence-corrected chi connectivity index (χ1v) is 7.39. The third-order valence-corrected chi connectivity index (χ3v) is 3.51. The van der Waals surface area contributed by atoms with Gasteiger partial charge in [0, 0.05) is 30.9 Å². The van der Waals surface area contributed by atoms with Gasteiger partial charge in [0.1, 0.15) is 13.2 Å². The predicted molar refractivity (Wildman–Crippen MR) is 82.2 cm³/mol. The summed E-state index contributed by atoms with van der Waals surface area (Å²) in [5.74, 6) is 2.21. The van der Waals surface area contributed by atoms with Gasteiger partial charge in [0.05, 0.1) is 0 Å². The Hall–Kier alpha value is -1.42. The molecule has 0 aromatic heterocycles. The largest absolute Gasteiger partial charge is 0.486 e. The SMILES string of the molecule is CC(C)CN(Cc1cc2c(cc1N)OCCO2)C(C)C. The molecular formula is C16H26N2O2. The summed E-state index contributed by atoms with van der Waals surface area (Å²) < 4.78 is 11.2. The fourth-order valence-electron chi connectivity index (χ4n) is 2.43. The lowest BCUT2D eigenvalue weighted by Gasteiger charge is -2.29. The third kappa shape index (κ3) is 3.57. The summed E-state index contributed by atoms with van der Waals surface area (Å²) in [6.45, 7) is 12.0. The maximum Gasteiger partial charge on any atom is 0.163 e. The minimum absolute atomic E-state index is 0.491. The number of hydrogen-bond donors (Lipinski definition) is 1. The van der Waals surface area contributed by atoms with E-state index in [-0.39, 0.29) is 0 Å². The molecule has 20 heavy (non-hydrogen) atoms. The topological polar surface area (TPSA) is 47.7 Å². The van der Waals surface area contributed by atoms with E-state index < -0.39 is 0 Å². The molecule has 1 aliphatic heterocycles. The number of benzene rings is 1. The molecule has 1 aliphatic rings. The second kappa shape index (κ2) is 6.35. The summed E-state index contributed by atoms with van der Waals surface area (Å²) in [6.07, 6.45) is 0. The van der Waals surface area contributed by atoms with Crippen molar-refractivity contribution in [1.29, 1.82) is 0 Å². The molecule has 0 spiro atoms. The Labute approximate surface area is 121 Å². The van der Waals surface area contributed by atoms with Gasteiger partial charge in [-0.3, -0.25) is 4.90 Å². The molecule has 112 valence electrons. The smallest absolute Gasteiger partial charge is 0.163 e. The number of nitrogens with two attached hydrogens (primary N) is 1. The molecule has 0 amide bonds. The van der Waals surface area contributed by atoms with E-state index in [0.717, 1.165) is 35.8 Å². The molecule has 0 unspecified atom stereocenters. The molecule has 0 saturated heterocycles. The van der Waals surface area contributed by atoms with Crippen molar-refractivity contribution in [2.75, 3.05) is 25.5 Å². The lowest BCUT2D eigenvalue weighted by atomic mass is 10.1. The fraction of sp³-hybridized carbons (Fsp3) is 0.625. The minimum atomic E-state index is 0.491. The fourth-order valence-corrected chi connectivity index (χ4v) is 2.43. The summed E-state index contributed by atoms with van der Waals surface area (Å²) in [4.78, 5) is 2.44. The molecule has 2 N–H and O–H groups in total. The highest BCUT2D eigenvalue weighted by molar-refractivity contribution is 5.58. The van der Waals surface area contributed by atoms with Crippen molar-refractivity contribution < 1.29 is 9.47 Å². The van der Waals surface area contributed by atoms with Gasteiger partial charge in [0.15, 0.2) is 11.5 Å². The first-order chi connectivity index (χ1) is 9.47. The van der Waals surface area contributed by atoms with Crippen molar-refractivity contribution in [3.63, 3.8) is 0 Å². The molecule has 1 aromatic carbocycles. The van der Waals surface area contributed by atoms with E-state index >= 15 is 0 Å². The number of ether oxygens (including phenoxy) is 2. The van der Waals surface area contributed by atoms with Crippen LogP contribution in [0.15, 0.2) is 12.1 Å². The van der Waals surface area contributed by atoms with E-state index in [4.69, 9.17) is 15.2 Å². The monoisotopic (exact) mass is 278 g/mol. The summed E-state index contributed by atoms with van der Waals surface area (Å²) in [6, 6.07) is 4.40. The Balaban J connectivity index is 2.19. The maximum absolute atomic E-state index is 6.16. The molecule has 0 fully saturated rings. The van der Waals surface area contributed by atoms with Crippen molar-refractivity contribution in [3.05, 3.63) is 17.7 Å². The van der Waals surface area contributed by atoms with Crippen LogP contribution in [-0.2, 0) is 6.54 Å². The van der Waals surface area contributed by atoms with Gasteiger partial charge in [-0.05, 0) is 31.4 Å². The summed E-state index contributed by atoms with van der Waals surface area (Å²) in [5.41, 5.74) is 8.06. The van der Waals surface area contributed by atoms with E-state index in [9.17, 15) is 0 Å². The zero-order valence-corrected chi connectivity index (χ0v) is 13.0. The summed E-state index contributed by atoms with van der Waals surface area (Å²) >= 11 is 0. The zero-order chi connectivity index (χ0) is 14.7. The lowest BCUT2D eigenvalue weighted by molar-refractivity contribution is 0.169. The van der Waals surface area contributed by atoms with Crippen molar-refractivity contribution in [2.45, 2.75) is 40.3 Å². The average Bonchev–Trinajstić information content (AvgIpc) is 2.38. The minimum Gasteiger partial charge on any atom is -0.486 e. The number of hydrogen-bond acceptors (Lipinski definition) is 4. The Morgan fingerprint density at radius 1 is 1.10 bits per heavy atom. The number of fused-ring (bicyclic) bond motifs is 1. The quantitative estimate of drug-likeness (QED) is 0.841. The van der Waals surface area contributed by atoms with Gasteiger partial charge < -0.3 is 15.2 Å². The molecule has 0 radical (unpaired) electrons. The molecular weight excluding hydrogens is 252 g/mol. The third-order valence-electron chi connectivity index (χ3n) is 3.51. The van der Waals surface area contributed by atoms with Gasteiger partial charge in [-0.25, -0.2) is 0 Å².